The Kier molecular flexibility index (Phi) is 4.97. The Morgan fingerprint density at radius 3 is 2.63 bits per heavy atom. The number of fused-ring (bicyclic) bond motifs is 3. The Morgan fingerprint density at radius 1 is 1.23 bits per heavy atom. The van der Waals surface area contributed by atoms with Crippen LogP contribution in [0.15, 0.2) is 29.3 Å². The van der Waals surface area contributed by atoms with E-state index in [1.54, 1.807) is 25.1 Å². The Morgan fingerprint density at radius 2 is 2.00 bits per heavy atom. The average molecular weight is 430 g/mol. The van der Waals surface area contributed by atoms with Crippen LogP contribution in [0.2, 0.25) is 0 Å². The Labute approximate surface area is 174 Å². The molecule has 0 bridgehead atoms. The molecular formula is C20H23N5O4S. The molecule has 1 aliphatic heterocycles. The molecule has 10 heteroatoms. The standard InChI is InChI=1S/C20H23N5O4S/c1-12(2)18-19-23-15-6-5-14(30(4,27)28)9-16(15)24(19)7-8-25(18)20-21-10-17(29-11-26)13(3)22-20/h5-6,9-12,18H,7-8H2,1-4H3. The molecule has 0 saturated carbocycles. The first kappa shape index (κ1) is 20.3. The van der Waals surface area contributed by atoms with Crippen molar-refractivity contribution in [3.8, 4) is 5.75 Å². The van der Waals surface area contributed by atoms with E-state index in [4.69, 9.17) is 9.72 Å². The van der Waals surface area contributed by atoms with Crippen LogP contribution in [0.1, 0.15) is 31.4 Å². The maximum Gasteiger partial charge on any atom is 0.298 e. The second-order valence-corrected chi connectivity index (χ2v) is 9.78. The minimum atomic E-state index is -3.30. The van der Waals surface area contributed by atoms with E-state index in [0.717, 1.165) is 16.9 Å². The molecule has 1 unspecified atom stereocenters. The number of aryl methyl sites for hydroxylation is 1. The molecule has 3 aromatic rings. The SMILES string of the molecule is Cc1nc(N2CCn3c(nc4ccc(S(C)(=O)=O)cc43)C2C(C)C)ncc1OC=O. The molecule has 158 valence electrons. The monoisotopic (exact) mass is 429 g/mol. The number of hydrogen-bond donors (Lipinski definition) is 0. The van der Waals surface area contributed by atoms with Gasteiger partial charge in [-0.15, -0.1) is 0 Å². The number of imidazole rings is 1. The van der Waals surface area contributed by atoms with Crippen LogP contribution in [-0.4, -0.2) is 47.2 Å². The Bertz CT molecular complexity index is 1240. The molecule has 1 aromatic carbocycles. The summed E-state index contributed by atoms with van der Waals surface area (Å²) < 4.78 is 31.0. The number of rotatable bonds is 5. The van der Waals surface area contributed by atoms with Crippen LogP contribution >= 0.6 is 0 Å². The normalized spacial score (nSPS) is 16.7. The van der Waals surface area contributed by atoms with Gasteiger partial charge in [0.1, 0.15) is 5.82 Å². The fourth-order valence-electron chi connectivity index (χ4n) is 3.93. The van der Waals surface area contributed by atoms with Crippen molar-refractivity contribution in [1.29, 1.82) is 0 Å². The fourth-order valence-corrected chi connectivity index (χ4v) is 4.57. The minimum absolute atomic E-state index is 0.0925. The number of carbonyl (C=O) groups is 1. The minimum Gasteiger partial charge on any atom is -0.425 e. The third kappa shape index (κ3) is 3.41. The van der Waals surface area contributed by atoms with Crippen molar-refractivity contribution < 1.29 is 17.9 Å². The largest absolute Gasteiger partial charge is 0.425 e. The third-order valence-corrected chi connectivity index (χ3v) is 6.44. The van der Waals surface area contributed by atoms with Gasteiger partial charge in [-0.2, -0.15) is 0 Å². The van der Waals surface area contributed by atoms with Gasteiger partial charge in [-0.05, 0) is 31.0 Å². The third-order valence-electron chi connectivity index (χ3n) is 5.33. The van der Waals surface area contributed by atoms with E-state index in [9.17, 15) is 13.2 Å². The van der Waals surface area contributed by atoms with Gasteiger partial charge in [-0.1, -0.05) is 13.8 Å². The van der Waals surface area contributed by atoms with E-state index in [2.05, 4.69) is 33.3 Å². The molecule has 3 heterocycles. The molecule has 0 N–H and O–H groups in total. The van der Waals surface area contributed by atoms with Crippen LogP contribution in [0.3, 0.4) is 0 Å². The zero-order valence-electron chi connectivity index (χ0n) is 17.2. The highest BCUT2D eigenvalue weighted by molar-refractivity contribution is 7.90. The lowest BCUT2D eigenvalue weighted by atomic mass is 10.00. The van der Waals surface area contributed by atoms with Crippen molar-refractivity contribution in [3.63, 3.8) is 0 Å². The second kappa shape index (κ2) is 7.35. The van der Waals surface area contributed by atoms with Crippen LogP contribution in [0, 0.1) is 12.8 Å². The number of hydrogen-bond acceptors (Lipinski definition) is 8. The summed E-state index contributed by atoms with van der Waals surface area (Å²) in [5.74, 6) is 1.92. The summed E-state index contributed by atoms with van der Waals surface area (Å²) in [7, 11) is -3.30. The first-order chi connectivity index (χ1) is 14.2. The summed E-state index contributed by atoms with van der Waals surface area (Å²) in [6.45, 7) is 7.59. The quantitative estimate of drug-likeness (QED) is 0.569. The Hall–Kier alpha value is -3.01. The maximum atomic E-state index is 12.0. The highest BCUT2D eigenvalue weighted by Gasteiger charge is 2.34. The molecule has 1 atom stereocenters. The van der Waals surface area contributed by atoms with Crippen molar-refractivity contribution in [2.45, 2.75) is 38.3 Å². The van der Waals surface area contributed by atoms with Crippen molar-refractivity contribution in [2.75, 3.05) is 17.7 Å². The summed E-state index contributed by atoms with van der Waals surface area (Å²) in [4.78, 5) is 26.8. The van der Waals surface area contributed by atoms with E-state index < -0.39 is 9.84 Å². The van der Waals surface area contributed by atoms with Crippen molar-refractivity contribution in [1.82, 2.24) is 19.5 Å². The number of aromatic nitrogens is 4. The summed E-state index contributed by atoms with van der Waals surface area (Å²) in [5, 5.41) is 0. The summed E-state index contributed by atoms with van der Waals surface area (Å²) >= 11 is 0. The van der Waals surface area contributed by atoms with Crippen molar-refractivity contribution >= 4 is 33.3 Å². The van der Waals surface area contributed by atoms with E-state index in [0.29, 0.717) is 37.0 Å². The summed E-state index contributed by atoms with van der Waals surface area (Å²) in [6, 6.07) is 4.95. The molecule has 30 heavy (non-hydrogen) atoms. The van der Waals surface area contributed by atoms with E-state index >= 15 is 0 Å². The average Bonchev–Trinajstić information content (AvgIpc) is 3.05. The van der Waals surface area contributed by atoms with Crippen LogP contribution in [0.25, 0.3) is 11.0 Å². The fraction of sp³-hybridized carbons (Fsp3) is 0.400. The first-order valence-electron chi connectivity index (χ1n) is 9.61. The molecule has 0 amide bonds. The molecule has 4 rings (SSSR count). The van der Waals surface area contributed by atoms with Gasteiger partial charge in [-0.3, -0.25) is 4.79 Å². The number of carbonyl (C=O) groups excluding carboxylic acids is 1. The zero-order valence-corrected chi connectivity index (χ0v) is 18.0. The van der Waals surface area contributed by atoms with Gasteiger partial charge in [0.05, 0.1) is 33.9 Å². The lowest BCUT2D eigenvalue weighted by Gasteiger charge is -2.38. The number of nitrogens with zero attached hydrogens (tertiary/aromatic N) is 5. The molecule has 0 saturated heterocycles. The van der Waals surface area contributed by atoms with Crippen LogP contribution in [0.5, 0.6) is 5.75 Å². The van der Waals surface area contributed by atoms with Gasteiger partial charge in [-0.25, -0.2) is 23.4 Å². The lowest BCUT2D eigenvalue weighted by Crippen LogP contribution is -2.42. The van der Waals surface area contributed by atoms with Gasteiger partial charge < -0.3 is 14.2 Å². The molecule has 0 spiro atoms. The smallest absolute Gasteiger partial charge is 0.298 e. The molecule has 0 aliphatic carbocycles. The molecule has 9 nitrogen and oxygen atoms in total. The first-order valence-corrected chi connectivity index (χ1v) is 11.5. The molecule has 0 radical (unpaired) electrons. The van der Waals surface area contributed by atoms with Gasteiger partial charge in [0.15, 0.2) is 15.6 Å². The molecule has 0 fully saturated rings. The Balaban J connectivity index is 1.81. The van der Waals surface area contributed by atoms with Gasteiger partial charge in [0, 0.05) is 19.3 Å². The molecule has 2 aromatic heterocycles. The highest BCUT2D eigenvalue weighted by Crippen LogP contribution is 2.36. The molecular weight excluding hydrogens is 406 g/mol. The summed E-state index contributed by atoms with van der Waals surface area (Å²) in [6.07, 6.45) is 2.71. The topological polar surface area (TPSA) is 107 Å². The number of benzene rings is 1. The maximum absolute atomic E-state index is 12.0. The predicted molar refractivity (Wildman–Crippen MR) is 111 cm³/mol. The summed E-state index contributed by atoms with van der Waals surface area (Å²) in [5.41, 5.74) is 2.15. The second-order valence-electron chi connectivity index (χ2n) is 7.76. The van der Waals surface area contributed by atoms with Gasteiger partial charge in [0.25, 0.3) is 6.47 Å². The van der Waals surface area contributed by atoms with Crippen LogP contribution < -0.4 is 9.64 Å². The van der Waals surface area contributed by atoms with Crippen LogP contribution in [-0.2, 0) is 21.2 Å². The van der Waals surface area contributed by atoms with E-state index in [1.165, 1.54) is 12.5 Å². The van der Waals surface area contributed by atoms with E-state index in [-0.39, 0.29) is 16.9 Å². The molecule has 1 aliphatic rings. The highest BCUT2D eigenvalue weighted by atomic mass is 32.2. The lowest BCUT2D eigenvalue weighted by molar-refractivity contribution is -0.120. The van der Waals surface area contributed by atoms with Gasteiger partial charge in [0.2, 0.25) is 5.95 Å². The van der Waals surface area contributed by atoms with Crippen molar-refractivity contribution in [3.05, 3.63) is 35.9 Å². The van der Waals surface area contributed by atoms with Gasteiger partial charge >= 0.3 is 0 Å². The number of sulfone groups is 1. The predicted octanol–water partition coefficient (Wildman–Crippen LogP) is 2.29. The number of anilines is 1. The van der Waals surface area contributed by atoms with E-state index in [1.807, 2.05) is 0 Å². The van der Waals surface area contributed by atoms with Crippen molar-refractivity contribution in [2.24, 2.45) is 5.92 Å². The zero-order chi connectivity index (χ0) is 21.6. The number of ether oxygens (including phenoxy) is 1. The van der Waals surface area contributed by atoms with Crippen LogP contribution in [0.4, 0.5) is 5.95 Å².